The van der Waals surface area contributed by atoms with Crippen molar-refractivity contribution in [2.45, 2.75) is 31.4 Å². The highest BCUT2D eigenvalue weighted by molar-refractivity contribution is 6.30. The summed E-state index contributed by atoms with van der Waals surface area (Å²) >= 11 is 5.86. The highest BCUT2D eigenvalue weighted by atomic mass is 35.5. The van der Waals surface area contributed by atoms with Gasteiger partial charge in [-0.05, 0) is 37.0 Å². The molecule has 1 saturated heterocycles. The summed E-state index contributed by atoms with van der Waals surface area (Å²) in [6.07, 6.45) is 3.57. The molecule has 0 bridgehead atoms. The van der Waals surface area contributed by atoms with Gasteiger partial charge < -0.3 is 4.74 Å². The second kappa shape index (κ2) is 5.64. The minimum Gasteiger partial charge on any atom is -0.376 e. The standard InChI is InChI=1S/C12H17ClN2O/c13-10-6-4-9(5-7-10)12(15-14)11-3-1-2-8-16-11/h4-7,11-12,15H,1-3,8,14H2. The Balaban J connectivity index is 2.11. The van der Waals surface area contributed by atoms with Crippen molar-refractivity contribution < 1.29 is 4.74 Å². The molecular formula is C12H17ClN2O. The van der Waals surface area contributed by atoms with E-state index in [4.69, 9.17) is 22.2 Å². The Morgan fingerprint density at radius 3 is 2.62 bits per heavy atom. The molecule has 4 heteroatoms. The maximum atomic E-state index is 5.86. The first-order valence-electron chi connectivity index (χ1n) is 5.64. The zero-order valence-electron chi connectivity index (χ0n) is 9.16. The second-order valence-corrected chi connectivity index (χ2v) is 4.54. The highest BCUT2D eigenvalue weighted by Crippen LogP contribution is 2.26. The lowest BCUT2D eigenvalue weighted by molar-refractivity contribution is -0.00821. The van der Waals surface area contributed by atoms with E-state index in [1.165, 1.54) is 6.42 Å². The fourth-order valence-corrected chi connectivity index (χ4v) is 2.24. The number of hydrogen-bond donors (Lipinski definition) is 2. The minimum atomic E-state index is 0.0533. The maximum Gasteiger partial charge on any atom is 0.0782 e. The van der Waals surface area contributed by atoms with Crippen LogP contribution in [0.3, 0.4) is 0 Å². The normalized spacial score (nSPS) is 23.0. The van der Waals surface area contributed by atoms with Gasteiger partial charge in [-0.3, -0.25) is 11.3 Å². The number of nitrogens with two attached hydrogens (primary N) is 1. The van der Waals surface area contributed by atoms with Crippen LogP contribution in [0.4, 0.5) is 0 Å². The lowest BCUT2D eigenvalue weighted by Gasteiger charge is -2.30. The summed E-state index contributed by atoms with van der Waals surface area (Å²) in [5.74, 6) is 5.61. The van der Waals surface area contributed by atoms with Gasteiger partial charge in [0.2, 0.25) is 0 Å². The number of hydrazine groups is 1. The Morgan fingerprint density at radius 1 is 1.31 bits per heavy atom. The van der Waals surface area contributed by atoms with E-state index in [-0.39, 0.29) is 12.1 Å². The van der Waals surface area contributed by atoms with Gasteiger partial charge in [-0.25, -0.2) is 0 Å². The molecule has 88 valence electrons. The van der Waals surface area contributed by atoms with E-state index in [0.717, 1.165) is 30.0 Å². The summed E-state index contributed by atoms with van der Waals surface area (Å²) in [7, 11) is 0. The van der Waals surface area contributed by atoms with Crippen molar-refractivity contribution >= 4 is 11.6 Å². The lowest BCUT2D eigenvalue weighted by atomic mass is 9.96. The molecule has 1 aromatic rings. The molecule has 0 saturated carbocycles. The first-order valence-corrected chi connectivity index (χ1v) is 6.02. The van der Waals surface area contributed by atoms with Crippen molar-refractivity contribution in [1.29, 1.82) is 0 Å². The third kappa shape index (κ3) is 2.74. The molecule has 0 aliphatic carbocycles. The van der Waals surface area contributed by atoms with Crippen LogP contribution in [-0.2, 0) is 4.74 Å². The highest BCUT2D eigenvalue weighted by Gasteiger charge is 2.24. The minimum absolute atomic E-state index is 0.0533. The van der Waals surface area contributed by atoms with E-state index in [9.17, 15) is 0 Å². The van der Waals surface area contributed by atoms with Gasteiger partial charge in [0.1, 0.15) is 0 Å². The zero-order chi connectivity index (χ0) is 11.4. The third-order valence-electron chi connectivity index (χ3n) is 3.00. The van der Waals surface area contributed by atoms with E-state index in [1.807, 2.05) is 24.3 Å². The summed E-state index contributed by atoms with van der Waals surface area (Å²) in [5.41, 5.74) is 3.96. The fraction of sp³-hybridized carbons (Fsp3) is 0.500. The van der Waals surface area contributed by atoms with Crippen LogP contribution in [0.5, 0.6) is 0 Å². The Labute approximate surface area is 101 Å². The van der Waals surface area contributed by atoms with E-state index in [1.54, 1.807) is 0 Å². The van der Waals surface area contributed by atoms with E-state index in [2.05, 4.69) is 5.43 Å². The van der Waals surface area contributed by atoms with Crippen molar-refractivity contribution in [1.82, 2.24) is 5.43 Å². The lowest BCUT2D eigenvalue weighted by Crippen LogP contribution is -2.39. The molecule has 1 heterocycles. The monoisotopic (exact) mass is 240 g/mol. The van der Waals surface area contributed by atoms with E-state index < -0.39 is 0 Å². The molecule has 1 aliphatic heterocycles. The molecular weight excluding hydrogens is 224 g/mol. The molecule has 16 heavy (non-hydrogen) atoms. The van der Waals surface area contributed by atoms with Crippen LogP contribution in [0.15, 0.2) is 24.3 Å². The summed E-state index contributed by atoms with van der Waals surface area (Å²) in [6.45, 7) is 0.830. The summed E-state index contributed by atoms with van der Waals surface area (Å²) in [5, 5.41) is 0.740. The largest absolute Gasteiger partial charge is 0.376 e. The number of benzene rings is 1. The molecule has 0 aromatic heterocycles. The van der Waals surface area contributed by atoms with Crippen LogP contribution < -0.4 is 11.3 Å². The Morgan fingerprint density at radius 2 is 2.06 bits per heavy atom. The van der Waals surface area contributed by atoms with Crippen LogP contribution in [0.2, 0.25) is 5.02 Å². The van der Waals surface area contributed by atoms with Gasteiger partial charge >= 0.3 is 0 Å². The van der Waals surface area contributed by atoms with Crippen LogP contribution in [0, 0.1) is 0 Å². The molecule has 3 nitrogen and oxygen atoms in total. The average molecular weight is 241 g/mol. The molecule has 0 radical (unpaired) electrons. The number of hydrogen-bond acceptors (Lipinski definition) is 3. The van der Waals surface area contributed by atoms with E-state index >= 15 is 0 Å². The van der Waals surface area contributed by atoms with Gasteiger partial charge in [-0.1, -0.05) is 23.7 Å². The SMILES string of the molecule is NNC(c1ccc(Cl)cc1)C1CCCCO1. The van der Waals surface area contributed by atoms with Gasteiger partial charge in [0.05, 0.1) is 12.1 Å². The number of rotatable bonds is 3. The van der Waals surface area contributed by atoms with Gasteiger partial charge in [0.15, 0.2) is 0 Å². The first kappa shape index (κ1) is 11.9. The van der Waals surface area contributed by atoms with Gasteiger partial charge in [-0.2, -0.15) is 0 Å². The number of nitrogens with one attached hydrogen (secondary N) is 1. The Bertz CT molecular complexity index is 322. The summed E-state index contributed by atoms with van der Waals surface area (Å²) in [6, 6.07) is 7.79. The van der Waals surface area contributed by atoms with Gasteiger partial charge in [0.25, 0.3) is 0 Å². The Kier molecular flexibility index (Phi) is 4.18. The molecule has 1 fully saturated rings. The predicted molar refractivity (Wildman–Crippen MR) is 65.1 cm³/mol. The Hall–Kier alpha value is -0.610. The van der Waals surface area contributed by atoms with Crippen molar-refractivity contribution in [3.8, 4) is 0 Å². The quantitative estimate of drug-likeness (QED) is 0.630. The fourth-order valence-electron chi connectivity index (χ4n) is 2.12. The molecule has 2 atom stereocenters. The molecule has 1 aliphatic rings. The van der Waals surface area contributed by atoms with Gasteiger partial charge in [-0.15, -0.1) is 0 Å². The van der Waals surface area contributed by atoms with Gasteiger partial charge in [0, 0.05) is 11.6 Å². The summed E-state index contributed by atoms with van der Waals surface area (Å²) in [4.78, 5) is 0. The average Bonchev–Trinajstić information content (AvgIpc) is 2.34. The van der Waals surface area contributed by atoms with Crippen LogP contribution >= 0.6 is 11.6 Å². The van der Waals surface area contributed by atoms with Crippen LogP contribution in [0.25, 0.3) is 0 Å². The molecule has 2 rings (SSSR count). The third-order valence-corrected chi connectivity index (χ3v) is 3.25. The number of ether oxygens (including phenoxy) is 1. The number of halogens is 1. The maximum absolute atomic E-state index is 5.86. The molecule has 0 amide bonds. The zero-order valence-corrected chi connectivity index (χ0v) is 9.91. The van der Waals surface area contributed by atoms with Crippen molar-refractivity contribution in [2.24, 2.45) is 5.84 Å². The first-order chi connectivity index (χ1) is 7.81. The summed E-state index contributed by atoms with van der Waals surface area (Å²) < 4.78 is 5.74. The topological polar surface area (TPSA) is 47.3 Å². The van der Waals surface area contributed by atoms with E-state index in [0.29, 0.717) is 0 Å². The van der Waals surface area contributed by atoms with Crippen LogP contribution in [0.1, 0.15) is 30.9 Å². The van der Waals surface area contributed by atoms with Crippen LogP contribution in [-0.4, -0.2) is 12.7 Å². The second-order valence-electron chi connectivity index (χ2n) is 4.10. The smallest absolute Gasteiger partial charge is 0.0782 e. The molecule has 0 spiro atoms. The molecule has 1 aromatic carbocycles. The molecule has 2 unspecified atom stereocenters. The predicted octanol–water partition coefficient (Wildman–Crippen LogP) is 2.41. The van der Waals surface area contributed by atoms with Crippen molar-refractivity contribution in [3.63, 3.8) is 0 Å². The molecule has 3 N–H and O–H groups in total. The van der Waals surface area contributed by atoms with Crippen molar-refractivity contribution in [2.75, 3.05) is 6.61 Å². The van der Waals surface area contributed by atoms with Crippen molar-refractivity contribution in [3.05, 3.63) is 34.9 Å².